The molecule has 0 radical (unpaired) electrons. The van der Waals surface area contributed by atoms with Gasteiger partial charge in [0.1, 0.15) is 0 Å². The molecule has 0 aliphatic heterocycles. The molecule has 5 nitrogen and oxygen atoms in total. The van der Waals surface area contributed by atoms with E-state index in [-0.39, 0.29) is 11.3 Å². The first kappa shape index (κ1) is 17.3. The Morgan fingerprint density at radius 2 is 2.12 bits per heavy atom. The number of aromatic hydroxyl groups is 1. The highest BCUT2D eigenvalue weighted by Crippen LogP contribution is 2.32. The van der Waals surface area contributed by atoms with Crippen molar-refractivity contribution >= 4 is 17.9 Å². The van der Waals surface area contributed by atoms with Crippen molar-refractivity contribution in [2.45, 2.75) is 13.3 Å². The van der Waals surface area contributed by atoms with Crippen LogP contribution in [0.4, 0.5) is 5.69 Å². The smallest absolute Gasteiger partial charge is 0.335 e. The minimum atomic E-state index is -0.997. The van der Waals surface area contributed by atoms with E-state index in [9.17, 15) is 9.90 Å². The zero-order chi connectivity index (χ0) is 17.5. The number of hydrogen-bond donors (Lipinski definition) is 2. The predicted molar refractivity (Wildman–Crippen MR) is 93.8 cm³/mol. The number of nitrogens with zero attached hydrogens (tertiary/aromatic N) is 1. The summed E-state index contributed by atoms with van der Waals surface area (Å²) in [6, 6.07) is 9.85. The molecule has 2 rings (SSSR count). The van der Waals surface area contributed by atoms with E-state index < -0.39 is 5.97 Å². The van der Waals surface area contributed by atoms with Crippen LogP contribution in [-0.2, 0) is 6.42 Å². The Morgan fingerprint density at radius 3 is 2.79 bits per heavy atom. The maximum atomic E-state index is 11.0. The topological polar surface area (TPSA) is 79.1 Å². The molecule has 2 N–H and O–H groups in total. The van der Waals surface area contributed by atoms with E-state index >= 15 is 0 Å². The first-order valence-electron chi connectivity index (χ1n) is 7.52. The molecule has 0 atom stereocenters. The number of hydrogen-bond acceptors (Lipinski definition) is 4. The first-order valence-corrected chi connectivity index (χ1v) is 7.52. The normalized spacial score (nSPS) is 10.7. The molecule has 0 fully saturated rings. The number of aromatic carboxylic acids is 1. The van der Waals surface area contributed by atoms with Gasteiger partial charge in [-0.25, -0.2) is 4.79 Å². The third kappa shape index (κ3) is 4.23. The molecular formula is C19H19NO4. The SMILES string of the molecule is C=CCc1cc(C=Nc2cccc(C(=O)O)c2)cc(OCC)c1O. The molecule has 0 bridgehead atoms. The number of benzene rings is 2. The summed E-state index contributed by atoms with van der Waals surface area (Å²) in [5.41, 5.74) is 2.15. The summed E-state index contributed by atoms with van der Waals surface area (Å²) in [6.45, 7) is 5.95. The second-order valence-electron chi connectivity index (χ2n) is 5.07. The number of carbonyl (C=O) groups is 1. The van der Waals surface area contributed by atoms with E-state index in [0.717, 1.165) is 5.56 Å². The van der Waals surface area contributed by atoms with Crippen molar-refractivity contribution in [3.8, 4) is 11.5 Å². The molecule has 0 saturated heterocycles. The van der Waals surface area contributed by atoms with Crippen LogP contribution in [0.15, 0.2) is 54.0 Å². The maximum Gasteiger partial charge on any atom is 0.335 e. The molecule has 0 aliphatic carbocycles. The third-order valence-electron chi connectivity index (χ3n) is 3.30. The summed E-state index contributed by atoms with van der Waals surface area (Å²) in [4.78, 5) is 15.3. The second-order valence-corrected chi connectivity index (χ2v) is 5.07. The van der Waals surface area contributed by atoms with Crippen LogP contribution in [0, 0.1) is 0 Å². The highest BCUT2D eigenvalue weighted by molar-refractivity contribution is 5.89. The lowest BCUT2D eigenvalue weighted by atomic mass is 10.1. The quantitative estimate of drug-likeness (QED) is 0.596. The molecule has 2 aromatic carbocycles. The maximum absolute atomic E-state index is 11.0. The van der Waals surface area contributed by atoms with Gasteiger partial charge in [-0.05, 0) is 49.2 Å². The van der Waals surface area contributed by atoms with Crippen molar-refractivity contribution in [2.24, 2.45) is 4.99 Å². The summed E-state index contributed by atoms with van der Waals surface area (Å²) in [7, 11) is 0. The van der Waals surface area contributed by atoms with E-state index in [1.165, 1.54) is 12.1 Å². The lowest BCUT2D eigenvalue weighted by Crippen LogP contribution is -1.97. The number of ether oxygens (including phenoxy) is 1. The Morgan fingerprint density at radius 1 is 1.33 bits per heavy atom. The molecule has 0 heterocycles. The Balaban J connectivity index is 2.35. The summed E-state index contributed by atoms with van der Waals surface area (Å²) in [6.07, 6.45) is 3.81. The van der Waals surface area contributed by atoms with Crippen LogP contribution in [-0.4, -0.2) is 29.0 Å². The Labute approximate surface area is 140 Å². The first-order chi connectivity index (χ1) is 11.5. The van der Waals surface area contributed by atoms with E-state index in [1.807, 2.05) is 6.92 Å². The van der Waals surface area contributed by atoms with Crippen LogP contribution in [0.2, 0.25) is 0 Å². The van der Waals surface area contributed by atoms with E-state index in [0.29, 0.717) is 30.0 Å². The molecule has 0 amide bonds. The third-order valence-corrected chi connectivity index (χ3v) is 3.30. The van der Waals surface area contributed by atoms with Gasteiger partial charge in [0, 0.05) is 11.8 Å². The minimum Gasteiger partial charge on any atom is -0.504 e. The van der Waals surface area contributed by atoms with Crippen LogP contribution in [0.3, 0.4) is 0 Å². The molecule has 124 valence electrons. The molecule has 5 heteroatoms. The van der Waals surface area contributed by atoms with E-state index in [2.05, 4.69) is 11.6 Å². The summed E-state index contributed by atoms with van der Waals surface area (Å²) in [5.74, 6) is -0.511. The highest BCUT2D eigenvalue weighted by Gasteiger charge is 2.09. The van der Waals surface area contributed by atoms with Crippen molar-refractivity contribution in [1.82, 2.24) is 0 Å². The molecule has 0 aromatic heterocycles. The minimum absolute atomic E-state index is 0.0989. The van der Waals surface area contributed by atoms with Crippen LogP contribution < -0.4 is 4.74 Å². The van der Waals surface area contributed by atoms with Gasteiger partial charge in [0.15, 0.2) is 11.5 Å². The van der Waals surface area contributed by atoms with Crippen molar-refractivity contribution in [3.63, 3.8) is 0 Å². The van der Waals surface area contributed by atoms with Gasteiger partial charge in [-0.2, -0.15) is 0 Å². The Bertz CT molecular complexity index is 781. The molecular weight excluding hydrogens is 306 g/mol. The lowest BCUT2D eigenvalue weighted by Gasteiger charge is -2.10. The zero-order valence-electron chi connectivity index (χ0n) is 13.4. The zero-order valence-corrected chi connectivity index (χ0v) is 13.4. The average molecular weight is 325 g/mol. The van der Waals surface area contributed by atoms with Gasteiger partial charge in [-0.3, -0.25) is 4.99 Å². The van der Waals surface area contributed by atoms with Gasteiger partial charge < -0.3 is 14.9 Å². The van der Waals surface area contributed by atoms with Crippen molar-refractivity contribution in [2.75, 3.05) is 6.61 Å². The molecule has 0 unspecified atom stereocenters. The summed E-state index contributed by atoms with van der Waals surface area (Å²) >= 11 is 0. The number of rotatable bonds is 7. The van der Waals surface area contributed by atoms with Crippen molar-refractivity contribution in [3.05, 3.63) is 65.7 Å². The van der Waals surface area contributed by atoms with Gasteiger partial charge in [-0.15, -0.1) is 6.58 Å². The molecule has 2 aromatic rings. The van der Waals surface area contributed by atoms with Crippen LogP contribution in [0.1, 0.15) is 28.4 Å². The number of carboxylic acids is 1. The van der Waals surface area contributed by atoms with Gasteiger partial charge in [0.2, 0.25) is 0 Å². The predicted octanol–water partition coefficient (Wildman–Crippen LogP) is 3.97. The fourth-order valence-corrected chi connectivity index (χ4v) is 2.21. The van der Waals surface area contributed by atoms with Crippen molar-refractivity contribution < 1.29 is 19.7 Å². The Hall–Kier alpha value is -3.08. The van der Waals surface area contributed by atoms with E-state index in [4.69, 9.17) is 9.84 Å². The second kappa shape index (κ2) is 7.97. The number of allylic oxidation sites excluding steroid dienone is 1. The Kier molecular flexibility index (Phi) is 5.73. The van der Waals surface area contributed by atoms with Gasteiger partial charge in [-0.1, -0.05) is 12.1 Å². The number of carboxylic acid groups (broad SMARTS) is 1. The molecule has 0 aliphatic rings. The van der Waals surface area contributed by atoms with Crippen LogP contribution >= 0.6 is 0 Å². The molecule has 24 heavy (non-hydrogen) atoms. The lowest BCUT2D eigenvalue weighted by molar-refractivity contribution is 0.0697. The number of aliphatic imine (C=N–C) groups is 1. The van der Waals surface area contributed by atoms with Crippen LogP contribution in [0.5, 0.6) is 11.5 Å². The number of phenolic OH excluding ortho intramolecular Hbond substituents is 1. The number of phenols is 1. The van der Waals surface area contributed by atoms with Gasteiger partial charge in [0.05, 0.1) is 17.9 Å². The summed E-state index contributed by atoms with van der Waals surface area (Å²) in [5, 5.41) is 19.2. The fourth-order valence-electron chi connectivity index (χ4n) is 2.21. The largest absolute Gasteiger partial charge is 0.504 e. The van der Waals surface area contributed by atoms with Crippen molar-refractivity contribution in [1.29, 1.82) is 0 Å². The van der Waals surface area contributed by atoms with Gasteiger partial charge >= 0.3 is 5.97 Å². The monoisotopic (exact) mass is 325 g/mol. The van der Waals surface area contributed by atoms with Gasteiger partial charge in [0.25, 0.3) is 0 Å². The molecule has 0 saturated carbocycles. The van der Waals surface area contributed by atoms with E-state index in [1.54, 1.807) is 36.6 Å². The fraction of sp³-hybridized carbons (Fsp3) is 0.158. The van der Waals surface area contributed by atoms with Crippen LogP contribution in [0.25, 0.3) is 0 Å². The average Bonchev–Trinajstić information content (AvgIpc) is 2.57. The standard InChI is InChI=1S/C19H19NO4/c1-3-6-14-9-13(10-17(18(14)21)24-4-2)12-20-16-8-5-7-15(11-16)19(22)23/h3,5,7-12,21H,1,4,6H2,2H3,(H,22,23). The molecule has 0 spiro atoms. The summed E-state index contributed by atoms with van der Waals surface area (Å²) < 4.78 is 5.44. The highest BCUT2D eigenvalue weighted by atomic mass is 16.5.